The number of rotatable bonds is 5. The molecule has 0 spiro atoms. The Morgan fingerprint density at radius 2 is 1.94 bits per heavy atom. The molecule has 0 saturated carbocycles. The van der Waals surface area contributed by atoms with Gasteiger partial charge in [-0.05, 0) is 43.1 Å². The lowest BCUT2D eigenvalue weighted by Crippen LogP contribution is -2.23. The van der Waals surface area contributed by atoms with Gasteiger partial charge in [-0.1, -0.05) is 28.9 Å². The summed E-state index contributed by atoms with van der Waals surface area (Å²) >= 11 is 3.37. The van der Waals surface area contributed by atoms with E-state index in [1.165, 1.54) is 0 Å². The third-order valence-corrected chi connectivity index (χ3v) is 3.09. The van der Waals surface area contributed by atoms with Gasteiger partial charge in [-0.25, -0.2) is 0 Å². The van der Waals surface area contributed by atoms with Crippen LogP contribution < -0.4 is 5.32 Å². The van der Waals surface area contributed by atoms with Gasteiger partial charge in [0.05, 0.1) is 0 Å². The lowest BCUT2D eigenvalue weighted by Gasteiger charge is -2.20. The molecule has 1 nitrogen and oxygen atoms in total. The third kappa shape index (κ3) is 5.40. The van der Waals surface area contributed by atoms with Crippen LogP contribution in [0.15, 0.2) is 22.7 Å². The summed E-state index contributed by atoms with van der Waals surface area (Å²) in [6.45, 7) is 4.47. The Hall–Kier alpha value is -0.550. The summed E-state index contributed by atoms with van der Waals surface area (Å²) in [6.07, 6.45) is -4.81. The number of aryl methyl sites for hydroxylation is 1. The van der Waals surface area contributed by atoms with Crippen LogP contribution >= 0.6 is 15.9 Å². The molecule has 1 atom stereocenters. The van der Waals surface area contributed by atoms with Gasteiger partial charge in [0.15, 0.2) is 0 Å². The quantitative estimate of drug-likeness (QED) is 0.824. The van der Waals surface area contributed by atoms with Crippen molar-refractivity contribution in [3.05, 3.63) is 33.8 Å². The van der Waals surface area contributed by atoms with Gasteiger partial charge in [-0.15, -0.1) is 0 Å². The highest BCUT2D eigenvalue weighted by Gasteiger charge is 2.28. The summed E-state index contributed by atoms with van der Waals surface area (Å²) in [5.41, 5.74) is 1.93. The van der Waals surface area contributed by atoms with E-state index in [1.54, 1.807) is 0 Å². The molecular weight excluding hydrogens is 307 g/mol. The second-order valence-electron chi connectivity index (χ2n) is 4.33. The minimum atomic E-state index is -4.10. The molecule has 5 heteroatoms. The van der Waals surface area contributed by atoms with E-state index in [2.05, 4.69) is 21.2 Å². The summed E-state index contributed by atoms with van der Waals surface area (Å²) in [4.78, 5) is 0. The number of hydrogen-bond acceptors (Lipinski definition) is 1. The molecule has 1 N–H and O–H groups in total. The Kier molecular flexibility index (Phi) is 5.66. The van der Waals surface area contributed by atoms with Gasteiger partial charge < -0.3 is 5.32 Å². The summed E-state index contributed by atoms with van der Waals surface area (Å²) in [5, 5.41) is 3.11. The van der Waals surface area contributed by atoms with Crippen molar-refractivity contribution in [1.29, 1.82) is 0 Å². The first-order valence-corrected chi connectivity index (χ1v) is 6.68. The van der Waals surface area contributed by atoms with Gasteiger partial charge in [-0.2, -0.15) is 13.2 Å². The average molecular weight is 324 g/mol. The van der Waals surface area contributed by atoms with Crippen LogP contribution in [0, 0.1) is 6.92 Å². The lowest BCUT2D eigenvalue weighted by molar-refractivity contribution is -0.136. The molecular formula is C13H17BrF3N. The largest absolute Gasteiger partial charge is 0.389 e. The maximum absolute atomic E-state index is 12.3. The van der Waals surface area contributed by atoms with Gasteiger partial charge in [0.1, 0.15) is 0 Å². The molecule has 0 bridgehead atoms. The highest BCUT2D eigenvalue weighted by molar-refractivity contribution is 9.10. The normalized spacial score (nSPS) is 13.7. The van der Waals surface area contributed by atoms with Gasteiger partial charge >= 0.3 is 6.18 Å². The van der Waals surface area contributed by atoms with E-state index >= 15 is 0 Å². The zero-order valence-corrected chi connectivity index (χ0v) is 12.0. The molecule has 1 aromatic carbocycles. The first-order valence-electron chi connectivity index (χ1n) is 5.89. The minimum Gasteiger partial charge on any atom is -0.310 e. The zero-order chi connectivity index (χ0) is 13.8. The minimum absolute atomic E-state index is 0.0627. The van der Waals surface area contributed by atoms with Gasteiger partial charge in [0.2, 0.25) is 0 Å². The number of hydrogen-bond donors (Lipinski definition) is 1. The van der Waals surface area contributed by atoms with Crippen molar-refractivity contribution in [2.45, 2.75) is 38.9 Å². The monoisotopic (exact) mass is 323 g/mol. The number of halogens is 4. The first-order chi connectivity index (χ1) is 8.31. The molecule has 1 aromatic rings. The summed E-state index contributed by atoms with van der Waals surface area (Å²) in [6, 6.07) is 5.48. The third-order valence-electron chi connectivity index (χ3n) is 2.63. The van der Waals surface area contributed by atoms with Crippen molar-refractivity contribution in [3.8, 4) is 0 Å². The molecule has 0 fully saturated rings. The van der Waals surface area contributed by atoms with Gasteiger partial charge in [-0.3, -0.25) is 0 Å². The fourth-order valence-electron chi connectivity index (χ4n) is 1.91. The van der Waals surface area contributed by atoms with E-state index in [0.717, 1.165) is 15.6 Å². The smallest absolute Gasteiger partial charge is 0.310 e. The summed E-state index contributed by atoms with van der Waals surface area (Å²) in [5.74, 6) is 0. The van der Waals surface area contributed by atoms with Crippen molar-refractivity contribution in [1.82, 2.24) is 5.32 Å². The Bertz CT molecular complexity index is 370. The highest BCUT2D eigenvalue weighted by Crippen LogP contribution is 2.29. The molecule has 102 valence electrons. The fraction of sp³-hybridized carbons (Fsp3) is 0.538. The maximum Gasteiger partial charge on any atom is 0.389 e. The SMILES string of the molecule is CCNC(CCC(F)(F)F)c1cc(C)cc(Br)c1. The predicted molar refractivity (Wildman–Crippen MR) is 70.6 cm³/mol. The van der Waals surface area contributed by atoms with E-state index in [9.17, 15) is 13.2 Å². The van der Waals surface area contributed by atoms with Crippen LogP contribution in [0.4, 0.5) is 13.2 Å². The van der Waals surface area contributed by atoms with E-state index in [1.807, 2.05) is 32.0 Å². The second-order valence-corrected chi connectivity index (χ2v) is 5.24. The van der Waals surface area contributed by atoms with E-state index in [4.69, 9.17) is 0 Å². The average Bonchev–Trinajstić information content (AvgIpc) is 2.21. The number of benzene rings is 1. The zero-order valence-electron chi connectivity index (χ0n) is 10.4. The molecule has 0 aliphatic heterocycles. The molecule has 0 aromatic heterocycles. The fourth-order valence-corrected chi connectivity index (χ4v) is 2.53. The van der Waals surface area contributed by atoms with Crippen LogP contribution in [0.1, 0.15) is 36.9 Å². The van der Waals surface area contributed by atoms with Crippen molar-refractivity contribution in [2.75, 3.05) is 6.54 Å². The van der Waals surface area contributed by atoms with Gasteiger partial charge in [0.25, 0.3) is 0 Å². The number of nitrogens with one attached hydrogen (secondary N) is 1. The Morgan fingerprint density at radius 3 is 2.44 bits per heavy atom. The highest BCUT2D eigenvalue weighted by atomic mass is 79.9. The molecule has 0 aliphatic rings. The number of alkyl halides is 3. The van der Waals surface area contributed by atoms with Crippen LogP contribution in [0.3, 0.4) is 0 Å². The molecule has 0 heterocycles. The molecule has 1 rings (SSSR count). The van der Waals surface area contributed by atoms with Gasteiger partial charge in [0, 0.05) is 16.9 Å². The van der Waals surface area contributed by atoms with Crippen LogP contribution in [-0.2, 0) is 0 Å². The molecule has 0 aliphatic carbocycles. The van der Waals surface area contributed by atoms with E-state index in [0.29, 0.717) is 6.54 Å². The second kappa shape index (κ2) is 6.57. The van der Waals surface area contributed by atoms with Crippen molar-refractivity contribution >= 4 is 15.9 Å². The Labute approximate surface area is 114 Å². The van der Waals surface area contributed by atoms with Crippen LogP contribution in [-0.4, -0.2) is 12.7 Å². The van der Waals surface area contributed by atoms with Crippen molar-refractivity contribution in [2.24, 2.45) is 0 Å². The Balaban J connectivity index is 2.83. The van der Waals surface area contributed by atoms with Crippen LogP contribution in [0.2, 0.25) is 0 Å². The summed E-state index contributed by atoms with van der Waals surface area (Å²) in [7, 11) is 0. The summed E-state index contributed by atoms with van der Waals surface area (Å²) < 4.78 is 37.8. The lowest BCUT2D eigenvalue weighted by atomic mass is 10.00. The maximum atomic E-state index is 12.3. The van der Waals surface area contributed by atoms with Crippen molar-refractivity contribution < 1.29 is 13.2 Å². The standard InChI is InChI=1S/C13H17BrF3N/c1-3-18-12(4-5-13(15,16)17)10-6-9(2)7-11(14)8-10/h6-8,12,18H,3-5H2,1-2H3. The molecule has 18 heavy (non-hydrogen) atoms. The molecule has 0 saturated heterocycles. The molecule has 0 radical (unpaired) electrons. The van der Waals surface area contributed by atoms with Crippen LogP contribution in [0.5, 0.6) is 0 Å². The van der Waals surface area contributed by atoms with E-state index in [-0.39, 0.29) is 12.5 Å². The van der Waals surface area contributed by atoms with E-state index < -0.39 is 12.6 Å². The molecule has 1 unspecified atom stereocenters. The van der Waals surface area contributed by atoms with Crippen molar-refractivity contribution in [3.63, 3.8) is 0 Å². The predicted octanol–water partition coefficient (Wildman–Crippen LogP) is 4.75. The van der Waals surface area contributed by atoms with Crippen LogP contribution in [0.25, 0.3) is 0 Å². The molecule has 0 amide bonds. The Morgan fingerprint density at radius 1 is 1.28 bits per heavy atom. The first kappa shape index (κ1) is 15.5. The topological polar surface area (TPSA) is 12.0 Å².